The molecule has 120 valence electrons. The van der Waals surface area contributed by atoms with Gasteiger partial charge in [0.05, 0.1) is 31.5 Å². The summed E-state index contributed by atoms with van der Waals surface area (Å²) in [4.78, 5) is 16.8. The lowest BCUT2D eigenvalue weighted by atomic mass is 9.94. The van der Waals surface area contributed by atoms with Crippen molar-refractivity contribution in [3.8, 4) is 0 Å². The number of rotatable bonds is 5. The van der Waals surface area contributed by atoms with Gasteiger partial charge in [0.15, 0.2) is 12.2 Å². The number of esters is 1. The van der Waals surface area contributed by atoms with E-state index >= 15 is 0 Å². The molecule has 1 fully saturated rings. The normalized spacial score (nSPS) is 26.9. The maximum Gasteiger partial charge on any atom is 0.318 e. The molecule has 0 spiro atoms. The summed E-state index contributed by atoms with van der Waals surface area (Å²) >= 11 is 0. The van der Waals surface area contributed by atoms with Gasteiger partial charge in [-0.1, -0.05) is 0 Å². The minimum Gasteiger partial charge on any atom is -0.477 e. The molecule has 0 N–H and O–H groups in total. The molecule has 21 heavy (non-hydrogen) atoms. The van der Waals surface area contributed by atoms with Gasteiger partial charge in [-0.05, 0) is 27.7 Å². The summed E-state index contributed by atoms with van der Waals surface area (Å²) < 4.78 is 21.8. The fourth-order valence-electron chi connectivity index (χ4n) is 2.76. The number of aliphatic imine (C=N–C) groups is 1. The van der Waals surface area contributed by atoms with E-state index in [4.69, 9.17) is 18.9 Å². The first kappa shape index (κ1) is 16.2. The Balaban J connectivity index is 2.16. The molecule has 0 saturated carbocycles. The van der Waals surface area contributed by atoms with Gasteiger partial charge in [-0.15, -0.1) is 0 Å². The van der Waals surface area contributed by atoms with Crippen LogP contribution in [0, 0.1) is 5.92 Å². The smallest absolute Gasteiger partial charge is 0.318 e. The number of hydrogen-bond acceptors (Lipinski definition) is 6. The third-order valence-electron chi connectivity index (χ3n) is 3.51. The van der Waals surface area contributed by atoms with E-state index < -0.39 is 12.2 Å². The van der Waals surface area contributed by atoms with Gasteiger partial charge < -0.3 is 18.9 Å². The van der Waals surface area contributed by atoms with Gasteiger partial charge in [-0.2, -0.15) is 0 Å². The summed E-state index contributed by atoms with van der Waals surface area (Å²) in [6, 6.07) is 0. The summed E-state index contributed by atoms with van der Waals surface area (Å²) in [6.07, 6.45) is 0.823. The van der Waals surface area contributed by atoms with Crippen LogP contribution in [0.1, 0.15) is 40.5 Å². The Labute approximate surface area is 125 Å². The second-order valence-corrected chi connectivity index (χ2v) is 6.11. The van der Waals surface area contributed by atoms with Gasteiger partial charge >= 0.3 is 5.97 Å². The molecule has 0 radical (unpaired) electrons. The second-order valence-electron chi connectivity index (χ2n) is 6.11. The van der Waals surface area contributed by atoms with E-state index in [1.54, 1.807) is 6.92 Å². The molecule has 0 amide bonds. The molecule has 1 saturated heterocycles. The van der Waals surface area contributed by atoms with Gasteiger partial charge in [0.1, 0.15) is 5.92 Å². The first-order valence-corrected chi connectivity index (χ1v) is 7.57. The Hall–Kier alpha value is -1.14. The number of hydrogen-bond donors (Lipinski definition) is 0. The molecular formula is C15H25NO5. The van der Waals surface area contributed by atoms with Crippen molar-refractivity contribution < 1.29 is 23.7 Å². The SMILES string of the molecule is CCOC(=O)C(CC1OCCO1)C1=NC(C)(C)CC(C)O1. The molecule has 6 nitrogen and oxygen atoms in total. The van der Waals surface area contributed by atoms with Gasteiger partial charge in [0.25, 0.3) is 0 Å². The van der Waals surface area contributed by atoms with Gasteiger partial charge in [-0.25, -0.2) is 4.99 Å². The van der Waals surface area contributed by atoms with E-state index in [-0.39, 0.29) is 17.6 Å². The molecule has 2 aliphatic rings. The summed E-state index contributed by atoms with van der Waals surface area (Å²) in [5.41, 5.74) is -0.241. The molecule has 2 aliphatic heterocycles. The molecule has 2 rings (SSSR count). The molecule has 2 unspecified atom stereocenters. The third-order valence-corrected chi connectivity index (χ3v) is 3.51. The van der Waals surface area contributed by atoms with Crippen LogP contribution in [-0.2, 0) is 23.7 Å². The molecule has 0 aromatic rings. The van der Waals surface area contributed by atoms with Crippen LogP contribution in [0.5, 0.6) is 0 Å². The van der Waals surface area contributed by atoms with Crippen molar-refractivity contribution >= 4 is 11.9 Å². The maximum atomic E-state index is 12.3. The first-order chi connectivity index (χ1) is 9.91. The van der Waals surface area contributed by atoms with E-state index in [0.29, 0.717) is 32.1 Å². The van der Waals surface area contributed by atoms with Crippen LogP contribution in [-0.4, -0.2) is 49.6 Å². The van der Waals surface area contributed by atoms with Crippen molar-refractivity contribution in [2.45, 2.75) is 58.5 Å². The van der Waals surface area contributed by atoms with Gasteiger partial charge in [-0.3, -0.25) is 4.79 Å². The average Bonchev–Trinajstić information content (AvgIpc) is 2.86. The Bertz CT molecular complexity index is 401. The number of ether oxygens (including phenoxy) is 4. The van der Waals surface area contributed by atoms with E-state index in [9.17, 15) is 4.79 Å². The fourth-order valence-corrected chi connectivity index (χ4v) is 2.76. The van der Waals surface area contributed by atoms with Crippen molar-refractivity contribution in [1.29, 1.82) is 0 Å². The Morgan fingerprint density at radius 2 is 2.10 bits per heavy atom. The summed E-state index contributed by atoms with van der Waals surface area (Å²) in [7, 11) is 0. The maximum absolute atomic E-state index is 12.3. The molecule has 0 aliphatic carbocycles. The molecule has 0 aromatic carbocycles. The lowest BCUT2D eigenvalue weighted by Gasteiger charge is -2.34. The van der Waals surface area contributed by atoms with Gasteiger partial charge in [0, 0.05) is 12.8 Å². The van der Waals surface area contributed by atoms with Crippen LogP contribution >= 0.6 is 0 Å². The minimum atomic E-state index is -0.574. The highest BCUT2D eigenvalue weighted by atomic mass is 16.7. The Morgan fingerprint density at radius 3 is 2.67 bits per heavy atom. The first-order valence-electron chi connectivity index (χ1n) is 7.57. The van der Waals surface area contributed by atoms with Crippen molar-refractivity contribution in [3.63, 3.8) is 0 Å². The van der Waals surface area contributed by atoms with Crippen LogP contribution in [0.3, 0.4) is 0 Å². The Morgan fingerprint density at radius 1 is 1.43 bits per heavy atom. The average molecular weight is 299 g/mol. The zero-order valence-corrected chi connectivity index (χ0v) is 13.3. The highest BCUT2D eigenvalue weighted by Gasteiger charge is 2.38. The predicted molar refractivity (Wildman–Crippen MR) is 77.1 cm³/mol. The van der Waals surface area contributed by atoms with Crippen molar-refractivity contribution in [2.75, 3.05) is 19.8 Å². The van der Waals surface area contributed by atoms with Crippen molar-refractivity contribution in [3.05, 3.63) is 0 Å². The van der Waals surface area contributed by atoms with Crippen LogP contribution in [0.25, 0.3) is 0 Å². The minimum absolute atomic E-state index is 0.0230. The molecule has 2 heterocycles. The molecule has 2 atom stereocenters. The van der Waals surface area contributed by atoms with E-state index in [2.05, 4.69) is 4.99 Å². The van der Waals surface area contributed by atoms with E-state index in [1.165, 1.54) is 0 Å². The summed E-state index contributed by atoms with van der Waals surface area (Å²) in [5, 5.41) is 0. The highest BCUT2D eigenvalue weighted by molar-refractivity contribution is 5.98. The fraction of sp³-hybridized carbons (Fsp3) is 0.867. The van der Waals surface area contributed by atoms with E-state index in [1.807, 2.05) is 20.8 Å². The van der Waals surface area contributed by atoms with Crippen LogP contribution < -0.4 is 0 Å². The summed E-state index contributed by atoms with van der Waals surface area (Å²) in [6.45, 7) is 9.28. The largest absolute Gasteiger partial charge is 0.477 e. The quantitative estimate of drug-likeness (QED) is 0.726. The third kappa shape index (κ3) is 4.41. The lowest BCUT2D eigenvalue weighted by Crippen LogP contribution is -2.41. The van der Waals surface area contributed by atoms with Crippen LogP contribution in [0.15, 0.2) is 4.99 Å². The van der Waals surface area contributed by atoms with Crippen molar-refractivity contribution in [1.82, 2.24) is 0 Å². The predicted octanol–water partition coefficient (Wildman–Crippen LogP) is 1.91. The van der Waals surface area contributed by atoms with Crippen molar-refractivity contribution in [2.24, 2.45) is 10.9 Å². The number of carbonyl (C=O) groups is 1. The molecule has 0 aromatic heterocycles. The summed E-state index contributed by atoms with van der Waals surface area (Å²) in [5.74, 6) is -0.466. The standard InChI is InChI=1S/C15H25NO5/c1-5-18-14(17)11(8-12-19-6-7-20-12)13-16-15(3,4)9-10(2)21-13/h10-12H,5-9H2,1-4H3. The zero-order chi connectivity index (χ0) is 15.5. The van der Waals surface area contributed by atoms with E-state index in [0.717, 1.165) is 6.42 Å². The van der Waals surface area contributed by atoms with Crippen LogP contribution in [0.4, 0.5) is 0 Å². The lowest BCUT2D eigenvalue weighted by molar-refractivity contribution is -0.149. The molecular weight excluding hydrogens is 274 g/mol. The second kappa shape index (κ2) is 6.75. The monoisotopic (exact) mass is 299 g/mol. The molecule has 6 heteroatoms. The van der Waals surface area contributed by atoms with Gasteiger partial charge in [0.2, 0.25) is 0 Å². The number of nitrogens with zero attached hydrogens (tertiary/aromatic N) is 1. The Kier molecular flexibility index (Phi) is 5.22. The zero-order valence-electron chi connectivity index (χ0n) is 13.3. The number of carbonyl (C=O) groups excluding carboxylic acids is 1. The van der Waals surface area contributed by atoms with Crippen LogP contribution in [0.2, 0.25) is 0 Å². The topological polar surface area (TPSA) is 66.4 Å². The molecule has 0 bridgehead atoms. The highest BCUT2D eigenvalue weighted by Crippen LogP contribution is 2.28.